The molecular weight excluding hydrogens is 388 g/mol. The number of carbonyl (C=O) groups is 1. The van der Waals surface area contributed by atoms with Gasteiger partial charge in [0.2, 0.25) is 5.89 Å². The number of aromatic nitrogens is 1. The maximum Gasteiger partial charge on any atom is 0.254 e. The average molecular weight is 410 g/mol. The van der Waals surface area contributed by atoms with Gasteiger partial charge in [-0.1, -0.05) is 42.0 Å². The highest BCUT2D eigenvalue weighted by atomic mass is 32.2. The lowest BCUT2D eigenvalue weighted by atomic mass is 10.1. The number of sulfone groups is 1. The van der Waals surface area contributed by atoms with Crippen LogP contribution < -0.4 is 0 Å². The fraction of sp³-hybridized carbons (Fsp3) is 0.273. The predicted molar refractivity (Wildman–Crippen MR) is 111 cm³/mol. The van der Waals surface area contributed by atoms with Crippen LogP contribution in [0.25, 0.3) is 22.8 Å². The van der Waals surface area contributed by atoms with Crippen molar-refractivity contribution in [3.05, 3.63) is 65.9 Å². The first-order valence-electron chi connectivity index (χ1n) is 9.44. The molecule has 4 rings (SSSR count). The highest BCUT2D eigenvalue weighted by molar-refractivity contribution is 7.91. The lowest BCUT2D eigenvalue weighted by Crippen LogP contribution is -2.38. The van der Waals surface area contributed by atoms with E-state index in [4.69, 9.17) is 4.42 Å². The summed E-state index contributed by atoms with van der Waals surface area (Å²) in [6.07, 6.45) is 2.11. The van der Waals surface area contributed by atoms with Gasteiger partial charge in [-0.2, -0.15) is 0 Å². The fourth-order valence-electron chi connectivity index (χ4n) is 3.54. The van der Waals surface area contributed by atoms with Gasteiger partial charge in [0, 0.05) is 24.2 Å². The molecule has 1 amide bonds. The molecule has 0 saturated carbocycles. The third-order valence-corrected chi connectivity index (χ3v) is 7.06. The second-order valence-electron chi connectivity index (χ2n) is 7.41. The SMILES string of the molecule is Cc1ccc(-c2cnc(-c3ccccc3C(=O)N(C)[C@H]3CCS(=O)(=O)C3)o2)cc1. The Morgan fingerprint density at radius 2 is 1.86 bits per heavy atom. The van der Waals surface area contributed by atoms with Gasteiger partial charge in [0.25, 0.3) is 5.91 Å². The first-order valence-corrected chi connectivity index (χ1v) is 11.3. The number of hydrogen-bond donors (Lipinski definition) is 0. The molecule has 0 spiro atoms. The Bertz CT molecular complexity index is 1150. The highest BCUT2D eigenvalue weighted by Crippen LogP contribution is 2.29. The molecule has 3 aromatic rings. The third-order valence-electron chi connectivity index (χ3n) is 5.31. The zero-order valence-corrected chi connectivity index (χ0v) is 17.1. The molecule has 150 valence electrons. The van der Waals surface area contributed by atoms with Gasteiger partial charge < -0.3 is 9.32 Å². The summed E-state index contributed by atoms with van der Waals surface area (Å²) in [6.45, 7) is 2.02. The number of nitrogens with zero attached hydrogens (tertiary/aromatic N) is 2. The molecule has 7 heteroatoms. The van der Waals surface area contributed by atoms with Crippen molar-refractivity contribution in [3.63, 3.8) is 0 Å². The maximum atomic E-state index is 13.1. The second kappa shape index (κ2) is 7.48. The van der Waals surface area contributed by atoms with Gasteiger partial charge in [-0.05, 0) is 25.5 Å². The van der Waals surface area contributed by atoms with Crippen LogP contribution in [0.3, 0.4) is 0 Å². The van der Waals surface area contributed by atoms with Crippen molar-refractivity contribution in [2.45, 2.75) is 19.4 Å². The lowest BCUT2D eigenvalue weighted by Gasteiger charge is -2.24. The van der Waals surface area contributed by atoms with E-state index in [1.54, 1.807) is 31.4 Å². The summed E-state index contributed by atoms with van der Waals surface area (Å²) < 4.78 is 29.5. The van der Waals surface area contributed by atoms with Crippen molar-refractivity contribution in [1.29, 1.82) is 0 Å². The Balaban J connectivity index is 1.64. The lowest BCUT2D eigenvalue weighted by molar-refractivity contribution is 0.0748. The van der Waals surface area contributed by atoms with Crippen LogP contribution in [-0.4, -0.2) is 48.8 Å². The topological polar surface area (TPSA) is 80.5 Å². The number of hydrogen-bond acceptors (Lipinski definition) is 5. The molecule has 1 saturated heterocycles. The summed E-state index contributed by atoms with van der Waals surface area (Å²) in [5.74, 6) is 0.872. The van der Waals surface area contributed by atoms with Crippen molar-refractivity contribution >= 4 is 15.7 Å². The molecule has 0 unspecified atom stereocenters. The number of rotatable bonds is 4. The van der Waals surface area contributed by atoms with E-state index in [2.05, 4.69) is 4.98 Å². The van der Waals surface area contributed by atoms with Gasteiger partial charge in [-0.3, -0.25) is 4.79 Å². The number of oxazole rings is 1. The van der Waals surface area contributed by atoms with E-state index in [1.807, 2.05) is 37.3 Å². The third kappa shape index (κ3) is 3.96. The van der Waals surface area contributed by atoms with E-state index in [-0.39, 0.29) is 23.5 Å². The molecule has 2 heterocycles. The van der Waals surface area contributed by atoms with Crippen LogP contribution in [-0.2, 0) is 9.84 Å². The Morgan fingerprint density at radius 1 is 1.14 bits per heavy atom. The molecule has 1 fully saturated rings. The van der Waals surface area contributed by atoms with E-state index in [0.717, 1.165) is 11.1 Å². The van der Waals surface area contributed by atoms with Gasteiger partial charge in [-0.15, -0.1) is 0 Å². The summed E-state index contributed by atoms with van der Waals surface area (Å²) >= 11 is 0. The minimum Gasteiger partial charge on any atom is -0.436 e. The van der Waals surface area contributed by atoms with Crippen LogP contribution in [0.2, 0.25) is 0 Å². The molecule has 1 aliphatic rings. The minimum atomic E-state index is -3.07. The first kappa shape index (κ1) is 19.4. The molecular formula is C22H22N2O4S. The monoisotopic (exact) mass is 410 g/mol. The Hall–Kier alpha value is -2.93. The molecule has 0 N–H and O–H groups in total. The van der Waals surface area contributed by atoms with Crippen LogP contribution in [0.1, 0.15) is 22.3 Å². The van der Waals surface area contributed by atoms with Gasteiger partial charge in [0.1, 0.15) is 0 Å². The van der Waals surface area contributed by atoms with Crippen LogP contribution in [0.4, 0.5) is 0 Å². The summed E-state index contributed by atoms with van der Waals surface area (Å²) in [5.41, 5.74) is 3.09. The first-order chi connectivity index (χ1) is 13.8. The minimum absolute atomic E-state index is 0.00792. The second-order valence-corrected chi connectivity index (χ2v) is 9.64. The van der Waals surface area contributed by atoms with E-state index in [9.17, 15) is 13.2 Å². The molecule has 0 aliphatic carbocycles. The Labute approximate surface area is 170 Å². The molecule has 1 aromatic heterocycles. The number of amides is 1. The van der Waals surface area contributed by atoms with Gasteiger partial charge in [0.05, 0.1) is 23.3 Å². The van der Waals surface area contributed by atoms with Crippen LogP contribution in [0.5, 0.6) is 0 Å². The van der Waals surface area contributed by atoms with Crippen molar-refractivity contribution < 1.29 is 17.6 Å². The zero-order chi connectivity index (χ0) is 20.6. The van der Waals surface area contributed by atoms with Crippen molar-refractivity contribution in [2.75, 3.05) is 18.6 Å². The molecule has 1 atom stereocenters. The van der Waals surface area contributed by atoms with Crippen LogP contribution in [0.15, 0.2) is 59.1 Å². The predicted octanol–water partition coefficient (Wildman–Crippen LogP) is 3.58. The van der Waals surface area contributed by atoms with E-state index >= 15 is 0 Å². The van der Waals surface area contributed by atoms with Gasteiger partial charge in [0.15, 0.2) is 15.6 Å². The van der Waals surface area contributed by atoms with Crippen molar-refractivity contribution in [3.8, 4) is 22.8 Å². The Morgan fingerprint density at radius 3 is 2.55 bits per heavy atom. The Kier molecular flexibility index (Phi) is 5.00. The number of aryl methyl sites for hydroxylation is 1. The number of carbonyl (C=O) groups excluding carboxylic acids is 1. The van der Waals surface area contributed by atoms with Crippen LogP contribution >= 0.6 is 0 Å². The van der Waals surface area contributed by atoms with E-state index in [0.29, 0.717) is 29.2 Å². The standard InChI is InChI=1S/C22H22N2O4S/c1-15-7-9-16(10-8-15)20-13-23-21(28-20)18-5-3-4-6-19(18)22(25)24(2)17-11-12-29(26,27)14-17/h3-10,13,17H,11-12,14H2,1-2H3/t17-/m0/s1. The van der Waals surface area contributed by atoms with Crippen molar-refractivity contribution in [1.82, 2.24) is 9.88 Å². The van der Waals surface area contributed by atoms with E-state index in [1.165, 1.54) is 4.90 Å². The molecule has 0 radical (unpaired) electrons. The number of benzene rings is 2. The maximum absolute atomic E-state index is 13.1. The van der Waals surface area contributed by atoms with Gasteiger partial charge >= 0.3 is 0 Å². The summed E-state index contributed by atoms with van der Waals surface area (Å²) in [6, 6.07) is 14.7. The quantitative estimate of drug-likeness (QED) is 0.657. The highest BCUT2D eigenvalue weighted by Gasteiger charge is 2.33. The largest absolute Gasteiger partial charge is 0.436 e. The molecule has 1 aliphatic heterocycles. The fourth-order valence-corrected chi connectivity index (χ4v) is 5.32. The van der Waals surface area contributed by atoms with Crippen LogP contribution in [0, 0.1) is 6.92 Å². The smallest absolute Gasteiger partial charge is 0.254 e. The summed E-state index contributed by atoms with van der Waals surface area (Å²) in [7, 11) is -1.42. The zero-order valence-electron chi connectivity index (χ0n) is 16.3. The summed E-state index contributed by atoms with van der Waals surface area (Å²) in [4.78, 5) is 19.0. The normalized spacial score (nSPS) is 17.9. The molecule has 6 nitrogen and oxygen atoms in total. The van der Waals surface area contributed by atoms with E-state index < -0.39 is 9.84 Å². The average Bonchev–Trinajstić information content (AvgIpc) is 3.34. The van der Waals surface area contributed by atoms with Gasteiger partial charge in [-0.25, -0.2) is 13.4 Å². The molecule has 2 aromatic carbocycles. The molecule has 29 heavy (non-hydrogen) atoms. The van der Waals surface area contributed by atoms with Crippen molar-refractivity contribution in [2.24, 2.45) is 0 Å². The molecule has 0 bridgehead atoms. The summed E-state index contributed by atoms with van der Waals surface area (Å²) in [5, 5.41) is 0.